The number of hydrogen-bond acceptors (Lipinski definition) is 5. The molecular formula is C24H27N3O4S. The summed E-state index contributed by atoms with van der Waals surface area (Å²) in [5.74, 6) is 1.48. The third-order valence-corrected chi connectivity index (χ3v) is 8.73. The van der Waals surface area contributed by atoms with E-state index in [1.807, 2.05) is 24.4 Å². The summed E-state index contributed by atoms with van der Waals surface area (Å²) >= 11 is 0. The fourth-order valence-electron chi connectivity index (χ4n) is 5.04. The number of fused-ring (bicyclic) bond motifs is 2. The first kappa shape index (κ1) is 20.1. The van der Waals surface area contributed by atoms with Gasteiger partial charge < -0.3 is 14.5 Å². The molecule has 168 valence electrons. The second-order valence-electron chi connectivity index (χ2n) is 8.93. The molecule has 0 spiro atoms. The van der Waals surface area contributed by atoms with Crippen LogP contribution in [0.25, 0.3) is 10.9 Å². The monoisotopic (exact) mass is 453 g/mol. The lowest BCUT2D eigenvalue weighted by Gasteiger charge is -2.30. The van der Waals surface area contributed by atoms with Crippen molar-refractivity contribution in [3.63, 3.8) is 0 Å². The van der Waals surface area contributed by atoms with Crippen molar-refractivity contribution in [3.8, 4) is 11.5 Å². The van der Waals surface area contributed by atoms with Crippen molar-refractivity contribution < 1.29 is 17.9 Å². The summed E-state index contributed by atoms with van der Waals surface area (Å²) in [5.41, 5.74) is 3.40. The fraction of sp³-hybridized carbons (Fsp3) is 0.417. The predicted molar refractivity (Wildman–Crippen MR) is 122 cm³/mol. The molecule has 0 radical (unpaired) electrons. The Kier molecular flexibility index (Phi) is 4.89. The maximum absolute atomic E-state index is 12.8. The van der Waals surface area contributed by atoms with Crippen LogP contribution < -0.4 is 14.2 Å². The van der Waals surface area contributed by atoms with E-state index in [2.05, 4.69) is 38.9 Å². The van der Waals surface area contributed by atoms with Gasteiger partial charge in [-0.05, 0) is 54.7 Å². The van der Waals surface area contributed by atoms with Gasteiger partial charge in [-0.1, -0.05) is 18.2 Å². The van der Waals surface area contributed by atoms with E-state index < -0.39 is 10.0 Å². The molecule has 1 saturated heterocycles. The smallest absolute Gasteiger partial charge is 0.214 e. The Morgan fingerprint density at radius 2 is 1.88 bits per heavy atom. The van der Waals surface area contributed by atoms with E-state index in [1.54, 1.807) is 0 Å². The zero-order valence-corrected chi connectivity index (χ0v) is 18.6. The molecule has 3 heterocycles. The first-order valence-corrected chi connectivity index (χ1v) is 12.8. The Morgan fingerprint density at radius 3 is 2.72 bits per heavy atom. The molecule has 1 saturated carbocycles. The molecule has 0 bridgehead atoms. The summed E-state index contributed by atoms with van der Waals surface area (Å²) < 4.78 is 40.1. The van der Waals surface area contributed by atoms with E-state index in [0.717, 1.165) is 54.9 Å². The maximum atomic E-state index is 12.8. The van der Waals surface area contributed by atoms with Crippen LogP contribution in [-0.4, -0.2) is 49.4 Å². The number of likely N-dealkylation sites (tertiary alicyclic amines) is 1. The average Bonchev–Trinajstić information content (AvgIpc) is 3.44. The Balaban J connectivity index is 1.35. The fourth-order valence-corrected chi connectivity index (χ4v) is 6.65. The molecule has 3 aromatic rings. The van der Waals surface area contributed by atoms with Crippen molar-refractivity contribution in [3.05, 3.63) is 59.8 Å². The number of rotatable bonds is 6. The Hall–Kier alpha value is -2.55. The average molecular weight is 454 g/mol. The molecule has 0 amide bonds. The molecule has 2 atom stereocenters. The summed E-state index contributed by atoms with van der Waals surface area (Å²) in [6.45, 7) is 2.64. The summed E-state index contributed by atoms with van der Waals surface area (Å²) in [6.07, 6.45) is 4.25. The number of hydrogen-bond donors (Lipinski definition) is 2. The van der Waals surface area contributed by atoms with Crippen molar-refractivity contribution in [2.45, 2.75) is 43.1 Å². The molecule has 2 aliphatic heterocycles. The highest BCUT2D eigenvalue weighted by Gasteiger charge is 2.42. The SMILES string of the molecule is O=S(=O)(N[C@@H]1CCN(Cc2cccc3[nH]ccc23)[C@H]1c1ccc2c(c1)OCCO2)C1CC1. The Bertz CT molecular complexity index is 1250. The standard InChI is InChI=1S/C24H27N3O4S/c28-32(29,18-5-6-18)26-21-9-11-27(15-17-2-1-3-20-19(17)8-10-25-20)24(21)16-4-7-22-23(14-16)31-13-12-30-22/h1-4,7-8,10,14,18,21,24-26H,5-6,9,11-13,15H2/t21-,24+/m1/s1. The molecule has 1 aromatic heterocycles. The maximum Gasteiger partial charge on any atom is 0.214 e. The molecule has 7 nitrogen and oxygen atoms in total. The Morgan fingerprint density at radius 1 is 1.03 bits per heavy atom. The minimum absolute atomic E-state index is 0.0754. The van der Waals surface area contributed by atoms with E-state index in [-0.39, 0.29) is 17.3 Å². The lowest BCUT2D eigenvalue weighted by molar-refractivity contribution is 0.170. The number of ether oxygens (including phenoxy) is 2. The van der Waals surface area contributed by atoms with Gasteiger partial charge in [-0.3, -0.25) is 4.90 Å². The van der Waals surface area contributed by atoms with Gasteiger partial charge >= 0.3 is 0 Å². The van der Waals surface area contributed by atoms with Crippen LogP contribution in [0.2, 0.25) is 0 Å². The van der Waals surface area contributed by atoms with Crippen molar-refractivity contribution in [2.75, 3.05) is 19.8 Å². The summed E-state index contributed by atoms with van der Waals surface area (Å²) in [6, 6.07) is 14.2. The van der Waals surface area contributed by atoms with Gasteiger partial charge in [-0.15, -0.1) is 0 Å². The molecule has 6 rings (SSSR count). The van der Waals surface area contributed by atoms with Crippen LogP contribution in [0.5, 0.6) is 11.5 Å². The van der Waals surface area contributed by atoms with E-state index in [1.165, 1.54) is 10.9 Å². The molecule has 0 unspecified atom stereocenters. The van der Waals surface area contributed by atoms with Gasteiger partial charge in [0.05, 0.1) is 11.3 Å². The van der Waals surface area contributed by atoms with Crippen molar-refractivity contribution in [1.82, 2.24) is 14.6 Å². The normalized spacial score (nSPS) is 23.6. The number of aromatic nitrogens is 1. The largest absolute Gasteiger partial charge is 0.486 e. The lowest BCUT2D eigenvalue weighted by Crippen LogP contribution is -2.41. The molecule has 8 heteroatoms. The Labute approximate surface area is 187 Å². The van der Waals surface area contributed by atoms with E-state index >= 15 is 0 Å². The number of nitrogens with one attached hydrogen (secondary N) is 2. The van der Waals surface area contributed by atoms with Gasteiger partial charge in [0.1, 0.15) is 13.2 Å². The molecule has 2 N–H and O–H groups in total. The van der Waals surface area contributed by atoms with Gasteiger partial charge in [0.2, 0.25) is 10.0 Å². The van der Waals surface area contributed by atoms with Crippen LogP contribution in [0.15, 0.2) is 48.7 Å². The summed E-state index contributed by atoms with van der Waals surface area (Å²) in [4.78, 5) is 5.66. The zero-order valence-electron chi connectivity index (χ0n) is 17.8. The van der Waals surface area contributed by atoms with E-state index in [0.29, 0.717) is 13.2 Å². The number of nitrogens with zero attached hydrogens (tertiary/aromatic N) is 1. The van der Waals surface area contributed by atoms with Crippen LogP contribution in [-0.2, 0) is 16.6 Å². The third kappa shape index (κ3) is 3.66. The van der Waals surface area contributed by atoms with Crippen molar-refractivity contribution in [1.29, 1.82) is 0 Å². The second kappa shape index (κ2) is 7.79. The zero-order chi connectivity index (χ0) is 21.7. The van der Waals surface area contributed by atoms with E-state index in [9.17, 15) is 8.42 Å². The van der Waals surface area contributed by atoms with Crippen LogP contribution in [0.3, 0.4) is 0 Å². The van der Waals surface area contributed by atoms with Gasteiger partial charge in [-0.25, -0.2) is 13.1 Å². The quantitative estimate of drug-likeness (QED) is 0.598. The third-order valence-electron chi connectivity index (χ3n) is 6.75. The summed E-state index contributed by atoms with van der Waals surface area (Å²) in [7, 11) is -3.29. The topological polar surface area (TPSA) is 83.7 Å². The highest BCUT2D eigenvalue weighted by Crippen LogP contribution is 2.40. The van der Waals surface area contributed by atoms with Gasteiger partial charge in [0.15, 0.2) is 11.5 Å². The second-order valence-corrected chi connectivity index (χ2v) is 10.9. The number of H-pyrrole nitrogens is 1. The highest BCUT2D eigenvalue weighted by atomic mass is 32.2. The lowest BCUT2D eigenvalue weighted by atomic mass is 9.99. The first-order valence-electron chi connectivity index (χ1n) is 11.3. The molecule has 2 fully saturated rings. The minimum atomic E-state index is -3.29. The number of sulfonamides is 1. The van der Waals surface area contributed by atoms with E-state index in [4.69, 9.17) is 9.47 Å². The van der Waals surface area contributed by atoms with Crippen LogP contribution in [0.1, 0.15) is 36.4 Å². The van der Waals surface area contributed by atoms with Crippen LogP contribution in [0, 0.1) is 0 Å². The van der Waals surface area contributed by atoms with Gasteiger partial charge in [0, 0.05) is 36.2 Å². The molecule has 1 aliphatic carbocycles. The molecule has 32 heavy (non-hydrogen) atoms. The highest BCUT2D eigenvalue weighted by molar-refractivity contribution is 7.90. The van der Waals surface area contributed by atoms with Crippen molar-refractivity contribution in [2.24, 2.45) is 0 Å². The van der Waals surface area contributed by atoms with Crippen LogP contribution >= 0.6 is 0 Å². The first-order chi connectivity index (χ1) is 15.6. The molecule has 2 aromatic carbocycles. The van der Waals surface area contributed by atoms with Gasteiger partial charge in [0.25, 0.3) is 0 Å². The van der Waals surface area contributed by atoms with Crippen LogP contribution in [0.4, 0.5) is 0 Å². The molecule has 3 aliphatic rings. The molecular weight excluding hydrogens is 426 g/mol. The number of benzene rings is 2. The van der Waals surface area contributed by atoms with Gasteiger partial charge in [-0.2, -0.15) is 0 Å². The van der Waals surface area contributed by atoms with Crippen molar-refractivity contribution >= 4 is 20.9 Å². The summed E-state index contributed by atoms with van der Waals surface area (Å²) in [5, 5.41) is 0.974. The minimum Gasteiger partial charge on any atom is -0.486 e. The predicted octanol–water partition coefficient (Wildman–Crippen LogP) is 3.34. The number of aromatic amines is 1.